The summed E-state index contributed by atoms with van der Waals surface area (Å²) >= 11 is 0. The van der Waals surface area contributed by atoms with Gasteiger partial charge in [0.2, 0.25) is 0 Å². The summed E-state index contributed by atoms with van der Waals surface area (Å²) in [7, 11) is 3.04. The molecule has 5 nitrogen and oxygen atoms in total. The molecule has 2 aromatic carbocycles. The van der Waals surface area contributed by atoms with Gasteiger partial charge in [0, 0.05) is 23.9 Å². The number of rotatable bonds is 4. The summed E-state index contributed by atoms with van der Waals surface area (Å²) in [6.45, 7) is 0.606. The number of carbonyl (C=O) groups excluding carboxylic acids is 2. The number of esters is 1. The van der Waals surface area contributed by atoms with Gasteiger partial charge in [-0.2, -0.15) is 0 Å². The monoisotopic (exact) mass is 389 g/mol. The molecule has 5 rings (SSSR count). The van der Waals surface area contributed by atoms with E-state index in [0.717, 1.165) is 52.7 Å². The Balaban J connectivity index is 1.71. The summed E-state index contributed by atoms with van der Waals surface area (Å²) in [5.41, 5.74) is 4.69. The molecule has 0 saturated heterocycles. The minimum atomic E-state index is -0.351. The van der Waals surface area contributed by atoms with E-state index < -0.39 is 0 Å². The van der Waals surface area contributed by atoms with Crippen molar-refractivity contribution in [3.8, 4) is 5.75 Å². The van der Waals surface area contributed by atoms with Crippen LogP contribution in [0.1, 0.15) is 57.7 Å². The number of aromatic nitrogens is 1. The maximum atomic E-state index is 13.0. The van der Waals surface area contributed by atoms with Crippen molar-refractivity contribution >= 4 is 22.7 Å². The zero-order valence-electron chi connectivity index (χ0n) is 16.7. The fourth-order valence-corrected chi connectivity index (χ4v) is 4.75. The molecule has 0 amide bonds. The van der Waals surface area contributed by atoms with E-state index in [4.69, 9.17) is 9.47 Å². The summed E-state index contributed by atoms with van der Waals surface area (Å²) in [5.74, 6) is 0.654. The van der Waals surface area contributed by atoms with Crippen LogP contribution in [0.3, 0.4) is 0 Å². The van der Waals surface area contributed by atoms with Gasteiger partial charge in [-0.25, -0.2) is 4.79 Å². The first kappa shape index (κ1) is 18.0. The first-order valence-corrected chi connectivity index (χ1v) is 9.97. The predicted octanol–water partition coefficient (Wildman–Crippen LogP) is 4.49. The van der Waals surface area contributed by atoms with Crippen molar-refractivity contribution in [3.05, 3.63) is 64.8 Å². The zero-order chi connectivity index (χ0) is 20.2. The molecule has 1 aromatic heterocycles. The van der Waals surface area contributed by atoms with Crippen LogP contribution in [-0.4, -0.2) is 30.5 Å². The van der Waals surface area contributed by atoms with E-state index in [1.807, 2.05) is 36.4 Å². The fraction of sp³-hybridized carbons (Fsp3) is 0.333. The lowest BCUT2D eigenvalue weighted by Crippen LogP contribution is -2.23. The van der Waals surface area contributed by atoms with Crippen molar-refractivity contribution in [2.24, 2.45) is 0 Å². The van der Waals surface area contributed by atoms with Gasteiger partial charge in [-0.15, -0.1) is 0 Å². The van der Waals surface area contributed by atoms with Gasteiger partial charge in [0.05, 0.1) is 25.5 Å². The summed E-state index contributed by atoms with van der Waals surface area (Å²) < 4.78 is 12.3. The quantitative estimate of drug-likeness (QED) is 0.617. The first-order chi connectivity index (χ1) is 14.1. The number of fused-ring (bicyclic) bond motifs is 4. The van der Waals surface area contributed by atoms with Crippen LogP contribution in [0.5, 0.6) is 5.75 Å². The van der Waals surface area contributed by atoms with Gasteiger partial charge < -0.3 is 14.0 Å². The number of carbonyl (C=O) groups is 2. The van der Waals surface area contributed by atoms with Crippen LogP contribution in [0.4, 0.5) is 0 Å². The van der Waals surface area contributed by atoms with Gasteiger partial charge in [-0.1, -0.05) is 12.1 Å². The van der Waals surface area contributed by atoms with Crippen LogP contribution in [0.15, 0.2) is 42.5 Å². The number of hydrogen-bond acceptors (Lipinski definition) is 4. The largest absolute Gasteiger partial charge is 0.497 e. The van der Waals surface area contributed by atoms with Crippen molar-refractivity contribution in [1.29, 1.82) is 0 Å². The number of methoxy groups -OCH3 is 2. The molecule has 0 bridgehead atoms. The number of benzene rings is 2. The Morgan fingerprint density at radius 2 is 1.83 bits per heavy atom. The number of nitrogens with zero attached hydrogens (tertiary/aromatic N) is 1. The summed E-state index contributed by atoms with van der Waals surface area (Å²) in [6, 6.07) is 13.6. The topological polar surface area (TPSA) is 57.5 Å². The molecule has 1 spiro atoms. The molecule has 1 fully saturated rings. The number of hydrogen-bond donors (Lipinski definition) is 0. The summed E-state index contributed by atoms with van der Waals surface area (Å²) in [4.78, 5) is 25.1. The highest BCUT2D eigenvalue weighted by molar-refractivity contribution is 6.07. The molecule has 2 aliphatic carbocycles. The highest BCUT2D eigenvalue weighted by Gasteiger charge is 2.51. The Bertz CT molecular complexity index is 1140. The second-order valence-corrected chi connectivity index (χ2v) is 8.08. The maximum absolute atomic E-state index is 13.0. The highest BCUT2D eigenvalue weighted by atomic mass is 16.5. The second-order valence-electron chi connectivity index (χ2n) is 8.08. The normalized spacial score (nSPS) is 16.7. The van der Waals surface area contributed by atoms with E-state index in [9.17, 15) is 9.59 Å². The lowest BCUT2D eigenvalue weighted by molar-refractivity contribution is 0.0600. The molecule has 0 N–H and O–H groups in total. The van der Waals surface area contributed by atoms with E-state index in [-0.39, 0.29) is 17.2 Å². The van der Waals surface area contributed by atoms with Gasteiger partial charge in [-0.05, 0) is 66.1 Å². The van der Waals surface area contributed by atoms with Gasteiger partial charge >= 0.3 is 5.97 Å². The average molecular weight is 389 g/mol. The van der Waals surface area contributed by atoms with Crippen LogP contribution < -0.4 is 4.74 Å². The summed E-state index contributed by atoms with van der Waals surface area (Å²) in [6.07, 6.45) is 3.72. The van der Waals surface area contributed by atoms with Crippen LogP contribution >= 0.6 is 0 Å². The van der Waals surface area contributed by atoms with Crippen molar-refractivity contribution in [1.82, 2.24) is 4.57 Å². The van der Waals surface area contributed by atoms with E-state index in [2.05, 4.69) is 4.57 Å². The van der Waals surface area contributed by atoms with E-state index in [1.165, 1.54) is 7.11 Å². The minimum absolute atomic E-state index is 0.0986. The number of Topliss-reactive ketones (excluding diaryl/α,β-unsaturated/α-hetero) is 1. The second kappa shape index (κ2) is 6.48. The Labute approximate surface area is 169 Å². The standard InChI is InChI=1S/C24H23NO4/c1-28-17-6-3-15(4-7-17)14-25-19-8-5-16(23(27)29-2)13-18(19)21-22(25)20(26)9-10-24(21)11-12-24/h3-8,13H,9-12,14H2,1-2H3. The third-order valence-electron chi connectivity index (χ3n) is 6.46. The highest BCUT2D eigenvalue weighted by Crippen LogP contribution is 2.58. The Hall–Kier alpha value is -3.08. The van der Waals surface area contributed by atoms with Crippen LogP contribution in [0.25, 0.3) is 10.9 Å². The first-order valence-electron chi connectivity index (χ1n) is 9.97. The molecule has 1 heterocycles. The van der Waals surface area contributed by atoms with Gasteiger partial charge in [0.1, 0.15) is 5.75 Å². The molecule has 148 valence electrons. The smallest absolute Gasteiger partial charge is 0.337 e. The lowest BCUT2D eigenvalue weighted by atomic mass is 9.81. The van der Waals surface area contributed by atoms with Crippen LogP contribution in [0.2, 0.25) is 0 Å². The summed E-state index contributed by atoms with van der Waals surface area (Å²) in [5, 5.41) is 1.02. The van der Waals surface area contributed by atoms with Gasteiger partial charge in [0.15, 0.2) is 5.78 Å². The maximum Gasteiger partial charge on any atom is 0.337 e. The fourth-order valence-electron chi connectivity index (χ4n) is 4.75. The van der Waals surface area contributed by atoms with E-state index >= 15 is 0 Å². The third kappa shape index (κ3) is 2.76. The zero-order valence-corrected chi connectivity index (χ0v) is 16.7. The molecule has 5 heteroatoms. The Kier molecular flexibility index (Phi) is 4.02. The number of ketones is 1. The molecule has 29 heavy (non-hydrogen) atoms. The molecule has 1 saturated carbocycles. The van der Waals surface area contributed by atoms with Crippen LogP contribution in [0, 0.1) is 0 Å². The van der Waals surface area contributed by atoms with Gasteiger partial charge in [-0.3, -0.25) is 4.79 Å². The van der Waals surface area contributed by atoms with Crippen LogP contribution in [-0.2, 0) is 16.7 Å². The molecule has 2 aliphatic rings. The van der Waals surface area contributed by atoms with Gasteiger partial charge in [0.25, 0.3) is 0 Å². The molecular formula is C24H23NO4. The molecule has 3 aromatic rings. The molecule has 0 aliphatic heterocycles. The number of ether oxygens (including phenoxy) is 2. The predicted molar refractivity (Wildman–Crippen MR) is 110 cm³/mol. The average Bonchev–Trinajstić information content (AvgIpc) is 3.46. The Morgan fingerprint density at radius 3 is 2.48 bits per heavy atom. The SMILES string of the molecule is COC(=O)c1ccc2c(c1)c1c(n2Cc2ccc(OC)cc2)C(=O)CCC12CC2. The molecular weight excluding hydrogens is 366 g/mol. The van der Waals surface area contributed by atoms with E-state index in [0.29, 0.717) is 18.5 Å². The van der Waals surface area contributed by atoms with Crippen molar-refractivity contribution in [2.75, 3.05) is 14.2 Å². The van der Waals surface area contributed by atoms with Crippen molar-refractivity contribution in [3.63, 3.8) is 0 Å². The molecule has 0 radical (unpaired) electrons. The van der Waals surface area contributed by atoms with Crippen molar-refractivity contribution in [2.45, 2.75) is 37.6 Å². The van der Waals surface area contributed by atoms with Crippen molar-refractivity contribution < 1.29 is 19.1 Å². The molecule has 0 atom stereocenters. The molecule has 0 unspecified atom stereocenters. The lowest BCUT2D eigenvalue weighted by Gasteiger charge is -2.23. The minimum Gasteiger partial charge on any atom is -0.497 e. The third-order valence-corrected chi connectivity index (χ3v) is 6.46. The van der Waals surface area contributed by atoms with E-state index in [1.54, 1.807) is 13.2 Å². The Morgan fingerprint density at radius 1 is 1.07 bits per heavy atom.